The van der Waals surface area contributed by atoms with Crippen LogP contribution in [-0.4, -0.2) is 11.7 Å². The topological polar surface area (TPSA) is 29.5 Å². The first kappa shape index (κ1) is 22.6. The van der Waals surface area contributed by atoms with E-state index in [0.717, 1.165) is 0 Å². The van der Waals surface area contributed by atoms with Gasteiger partial charge in [0.2, 0.25) is 5.82 Å². The molecule has 0 aliphatic heterocycles. The molecule has 1 unspecified atom stereocenters. The van der Waals surface area contributed by atoms with Gasteiger partial charge in [0, 0.05) is 16.7 Å². The number of benzene rings is 2. The van der Waals surface area contributed by atoms with E-state index in [0.29, 0.717) is 36.8 Å². The number of aliphatic hydroxyl groups excluding tert-OH is 1. The maximum atomic E-state index is 15.0. The van der Waals surface area contributed by atoms with Gasteiger partial charge >= 0.3 is 0 Å². The minimum Gasteiger partial charge on any atom is -0.491 e. The molecule has 6 heteroatoms. The van der Waals surface area contributed by atoms with Gasteiger partial charge in [-0.15, -0.1) is 0 Å². The third kappa shape index (κ3) is 3.75. The first-order chi connectivity index (χ1) is 15.4. The van der Waals surface area contributed by atoms with E-state index in [1.54, 1.807) is 6.92 Å². The van der Waals surface area contributed by atoms with Gasteiger partial charge in [-0.1, -0.05) is 37.6 Å². The standard InChI is InChI=1S/C26H26F4O2/c1-3-5-21(31)20-11-10-18(23(27)25(20)29)16-8-6-15-14(16)7-9-17(15)19-12-13-22(32-4-2)26(30)24(19)28/h8-15,21,31H,3-7H2,1-2H3/t14-,15-,21?/m1/s1. The zero-order valence-corrected chi connectivity index (χ0v) is 18.1. The second-order valence-corrected chi connectivity index (χ2v) is 8.31. The monoisotopic (exact) mass is 446 g/mol. The Bertz CT molecular complexity index is 1090. The molecule has 0 saturated carbocycles. The molecule has 3 atom stereocenters. The van der Waals surface area contributed by atoms with Gasteiger partial charge in [-0.25, -0.2) is 13.2 Å². The number of fused-ring (bicyclic) bond motifs is 1. The van der Waals surface area contributed by atoms with Gasteiger partial charge in [0.15, 0.2) is 23.2 Å². The molecule has 170 valence electrons. The highest BCUT2D eigenvalue weighted by Gasteiger charge is 2.39. The van der Waals surface area contributed by atoms with Gasteiger partial charge in [-0.3, -0.25) is 0 Å². The Hall–Kier alpha value is -2.60. The molecule has 0 bridgehead atoms. The average molecular weight is 446 g/mol. The Morgan fingerprint density at radius 2 is 1.41 bits per heavy atom. The second-order valence-electron chi connectivity index (χ2n) is 8.31. The van der Waals surface area contributed by atoms with Crippen LogP contribution in [0.5, 0.6) is 5.75 Å². The molecule has 4 rings (SSSR count). The summed E-state index contributed by atoms with van der Waals surface area (Å²) < 4.78 is 63.9. The Morgan fingerprint density at radius 3 is 1.97 bits per heavy atom. The molecule has 1 N–H and O–H groups in total. The summed E-state index contributed by atoms with van der Waals surface area (Å²) in [6, 6.07) is 5.88. The van der Waals surface area contributed by atoms with E-state index in [-0.39, 0.29) is 40.9 Å². The number of allylic oxidation sites excluding steroid dienone is 4. The van der Waals surface area contributed by atoms with Crippen LogP contribution in [0.4, 0.5) is 17.6 Å². The van der Waals surface area contributed by atoms with Crippen LogP contribution >= 0.6 is 0 Å². The molecular weight excluding hydrogens is 420 g/mol. The Morgan fingerprint density at radius 1 is 0.844 bits per heavy atom. The van der Waals surface area contributed by atoms with E-state index in [1.807, 2.05) is 19.1 Å². The lowest BCUT2D eigenvalue weighted by molar-refractivity contribution is 0.160. The van der Waals surface area contributed by atoms with Crippen LogP contribution < -0.4 is 4.74 Å². The maximum absolute atomic E-state index is 15.0. The molecule has 32 heavy (non-hydrogen) atoms. The molecule has 0 heterocycles. The quantitative estimate of drug-likeness (QED) is 0.465. The van der Waals surface area contributed by atoms with Crippen molar-refractivity contribution in [3.8, 4) is 5.75 Å². The lowest BCUT2D eigenvalue weighted by Crippen LogP contribution is -2.10. The van der Waals surface area contributed by atoms with Crippen LogP contribution in [-0.2, 0) is 0 Å². The number of hydrogen-bond acceptors (Lipinski definition) is 2. The maximum Gasteiger partial charge on any atom is 0.201 e. The highest BCUT2D eigenvalue weighted by atomic mass is 19.2. The van der Waals surface area contributed by atoms with E-state index in [2.05, 4.69) is 0 Å². The fraction of sp³-hybridized carbons (Fsp3) is 0.385. The zero-order valence-electron chi connectivity index (χ0n) is 18.1. The molecular formula is C26H26F4O2. The van der Waals surface area contributed by atoms with Crippen LogP contribution in [0.1, 0.15) is 62.3 Å². The van der Waals surface area contributed by atoms with Crippen LogP contribution in [0.3, 0.4) is 0 Å². The van der Waals surface area contributed by atoms with E-state index >= 15 is 0 Å². The minimum absolute atomic E-state index is 0.0413. The van der Waals surface area contributed by atoms with Crippen molar-refractivity contribution in [1.82, 2.24) is 0 Å². The van der Waals surface area contributed by atoms with Crippen molar-refractivity contribution in [3.63, 3.8) is 0 Å². The van der Waals surface area contributed by atoms with E-state index in [9.17, 15) is 22.7 Å². The van der Waals surface area contributed by atoms with Crippen LogP contribution in [0.25, 0.3) is 11.1 Å². The molecule has 2 nitrogen and oxygen atoms in total. The molecule has 0 amide bonds. The SMILES string of the molecule is CCCC(O)c1ccc(C2=CC[C@H]3C(c4ccc(OCC)c(F)c4F)=CC[C@@H]23)c(F)c1F. The number of rotatable bonds is 7. The molecule has 0 radical (unpaired) electrons. The fourth-order valence-corrected chi connectivity index (χ4v) is 4.94. The van der Waals surface area contributed by atoms with Crippen LogP contribution in [0.15, 0.2) is 36.4 Å². The summed E-state index contributed by atoms with van der Waals surface area (Å²) in [6.07, 6.45) is 4.71. The van der Waals surface area contributed by atoms with E-state index in [1.165, 1.54) is 24.3 Å². The van der Waals surface area contributed by atoms with Crippen molar-refractivity contribution in [1.29, 1.82) is 0 Å². The van der Waals surface area contributed by atoms with Gasteiger partial charge < -0.3 is 9.84 Å². The summed E-state index contributed by atoms with van der Waals surface area (Å²) in [5, 5.41) is 10.1. The number of hydrogen-bond donors (Lipinski definition) is 1. The first-order valence-corrected chi connectivity index (χ1v) is 11.1. The molecule has 2 aromatic carbocycles. The average Bonchev–Trinajstić information content (AvgIpc) is 3.36. The molecule has 0 spiro atoms. The van der Waals surface area contributed by atoms with Crippen molar-refractivity contribution in [2.24, 2.45) is 11.8 Å². The number of aliphatic hydroxyl groups is 1. The number of ether oxygens (including phenoxy) is 1. The number of halogens is 4. The van der Waals surface area contributed by atoms with Crippen LogP contribution in [0, 0.1) is 35.1 Å². The van der Waals surface area contributed by atoms with Gasteiger partial charge in [0.05, 0.1) is 12.7 Å². The summed E-state index contributed by atoms with van der Waals surface area (Å²) in [7, 11) is 0. The zero-order chi connectivity index (χ0) is 23.0. The molecule has 2 aromatic rings. The van der Waals surface area contributed by atoms with Crippen molar-refractivity contribution in [2.45, 2.75) is 45.6 Å². The highest BCUT2D eigenvalue weighted by Crippen LogP contribution is 2.52. The lowest BCUT2D eigenvalue weighted by atomic mass is 9.84. The van der Waals surface area contributed by atoms with Crippen molar-refractivity contribution < 1.29 is 27.4 Å². The Kier molecular flexibility index (Phi) is 6.42. The smallest absolute Gasteiger partial charge is 0.201 e. The molecule has 0 saturated heterocycles. The van der Waals surface area contributed by atoms with Crippen molar-refractivity contribution in [3.05, 3.63) is 76.4 Å². The first-order valence-electron chi connectivity index (χ1n) is 11.1. The Labute approximate surface area is 185 Å². The van der Waals surface area contributed by atoms with Crippen molar-refractivity contribution in [2.75, 3.05) is 6.61 Å². The normalized spacial score (nSPS) is 20.7. The van der Waals surface area contributed by atoms with E-state index < -0.39 is 29.4 Å². The molecule has 2 aliphatic carbocycles. The molecule has 0 aromatic heterocycles. The fourth-order valence-electron chi connectivity index (χ4n) is 4.94. The summed E-state index contributed by atoms with van der Waals surface area (Å²) in [6.45, 7) is 3.78. The second kappa shape index (κ2) is 9.10. The summed E-state index contributed by atoms with van der Waals surface area (Å²) in [4.78, 5) is 0. The molecule has 0 fully saturated rings. The summed E-state index contributed by atoms with van der Waals surface area (Å²) in [5.74, 6) is -4.38. The van der Waals surface area contributed by atoms with E-state index in [4.69, 9.17) is 4.74 Å². The van der Waals surface area contributed by atoms with Gasteiger partial charge in [-0.2, -0.15) is 4.39 Å². The predicted octanol–water partition coefficient (Wildman–Crippen LogP) is 6.98. The summed E-state index contributed by atoms with van der Waals surface area (Å²) >= 11 is 0. The molecule has 2 aliphatic rings. The van der Waals surface area contributed by atoms with Crippen molar-refractivity contribution >= 4 is 11.1 Å². The Balaban J connectivity index is 1.60. The lowest BCUT2D eigenvalue weighted by Gasteiger charge is -2.20. The third-order valence-electron chi connectivity index (χ3n) is 6.47. The minimum atomic E-state index is -1.05. The van der Waals surface area contributed by atoms with Crippen LogP contribution in [0.2, 0.25) is 0 Å². The van der Waals surface area contributed by atoms with Gasteiger partial charge in [-0.05, 0) is 61.3 Å². The highest BCUT2D eigenvalue weighted by molar-refractivity contribution is 5.80. The van der Waals surface area contributed by atoms with Gasteiger partial charge in [0.1, 0.15) is 0 Å². The summed E-state index contributed by atoms with van der Waals surface area (Å²) in [5.41, 5.74) is 1.64. The predicted molar refractivity (Wildman–Crippen MR) is 116 cm³/mol. The van der Waals surface area contributed by atoms with Gasteiger partial charge in [0.25, 0.3) is 0 Å². The third-order valence-corrected chi connectivity index (χ3v) is 6.47. The largest absolute Gasteiger partial charge is 0.491 e.